The Kier molecular flexibility index (Phi) is 4.74. The molecule has 104 valence electrons. The maximum atomic E-state index is 11.9. The van der Waals surface area contributed by atoms with Gasteiger partial charge in [0.05, 0.1) is 12.6 Å². The quantitative estimate of drug-likeness (QED) is 0.829. The molecule has 5 heteroatoms. The summed E-state index contributed by atoms with van der Waals surface area (Å²) < 4.78 is 7.13. The van der Waals surface area contributed by atoms with Crippen LogP contribution in [0.2, 0.25) is 0 Å². The van der Waals surface area contributed by atoms with Gasteiger partial charge in [0.15, 0.2) is 12.4 Å². The summed E-state index contributed by atoms with van der Waals surface area (Å²) in [4.78, 5) is 13.5. The van der Waals surface area contributed by atoms with Crippen molar-refractivity contribution in [2.24, 2.45) is 0 Å². The van der Waals surface area contributed by atoms with Crippen LogP contribution in [-0.2, 0) is 17.9 Å². The van der Waals surface area contributed by atoms with Crippen LogP contribution in [0.25, 0.3) is 0 Å². The number of aliphatic hydroxyl groups is 1. The molecule has 1 aromatic rings. The van der Waals surface area contributed by atoms with Gasteiger partial charge >= 0.3 is 6.09 Å². The van der Waals surface area contributed by atoms with E-state index in [1.165, 1.54) is 5.56 Å². The Morgan fingerprint density at radius 1 is 1.63 bits per heavy atom. The molecule has 0 unspecified atom stereocenters. The molecular formula is C14H21N2O3+. The first-order valence-corrected chi connectivity index (χ1v) is 6.76. The van der Waals surface area contributed by atoms with Crippen molar-refractivity contribution in [1.29, 1.82) is 0 Å². The Balaban J connectivity index is 1.89. The summed E-state index contributed by atoms with van der Waals surface area (Å²) in [6.45, 7) is 2.97. The molecule has 0 aromatic carbocycles. The highest BCUT2D eigenvalue weighted by molar-refractivity contribution is 5.68. The highest BCUT2D eigenvalue weighted by Crippen LogP contribution is 2.17. The highest BCUT2D eigenvalue weighted by atomic mass is 16.6. The zero-order valence-corrected chi connectivity index (χ0v) is 11.3. The molecule has 1 fully saturated rings. The average Bonchev–Trinajstić information content (AvgIpc) is 2.93. The number of likely N-dealkylation sites (tertiary alicyclic amines) is 1. The maximum Gasteiger partial charge on any atom is 0.414 e. The van der Waals surface area contributed by atoms with Gasteiger partial charge in [0.25, 0.3) is 6.73 Å². The van der Waals surface area contributed by atoms with Gasteiger partial charge in [-0.1, -0.05) is 6.92 Å². The van der Waals surface area contributed by atoms with E-state index in [9.17, 15) is 9.90 Å². The van der Waals surface area contributed by atoms with Gasteiger partial charge in [0.1, 0.15) is 0 Å². The molecule has 0 bridgehead atoms. The van der Waals surface area contributed by atoms with Crippen LogP contribution < -0.4 is 4.57 Å². The second kappa shape index (κ2) is 6.52. The van der Waals surface area contributed by atoms with Crippen LogP contribution in [0.4, 0.5) is 4.79 Å². The predicted octanol–water partition coefficient (Wildman–Crippen LogP) is 1.09. The van der Waals surface area contributed by atoms with Crippen LogP contribution in [0, 0.1) is 0 Å². The number of hydrogen-bond acceptors (Lipinski definition) is 3. The lowest BCUT2D eigenvalue weighted by molar-refractivity contribution is -0.727. The monoisotopic (exact) mass is 265 g/mol. The molecule has 1 aliphatic heterocycles. The van der Waals surface area contributed by atoms with E-state index < -0.39 is 0 Å². The zero-order chi connectivity index (χ0) is 13.7. The third kappa shape index (κ3) is 3.44. The van der Waals surface area contributed by atoms with Gasteiger partial charge in [-0.2, -0.15) is 4.57 Å². The van der Waals surface area contributed by atoms with E-state index in [1.807, 2.05) is 29.1 Å². The SMILES string of the molecule is CCc1ccc[n+](COC(=O)N2CCC[C@H]2CO)c1. The minimum absolute atomic E-state index is 0.00750. The highest BCUT2D eigenvalue weighted by Gasteiger charge is 2.29. The first kappa shape index (κ1) is 13.8. The van der Waals surface area contributed by atoms with Gasteiger partial charge in [-0.25, -0.2) is 4.79 Å². The van der Waals surface area contributed by atoms with Crippen LogP contribution in [0.3, 0.4) is 0 Å². The topological polar surface area (TPSA) is 53.7 Å². The van der Waals surface area contributed by atoms with Crippen LogP contribution >= 0.6 is 0 Å². The van der Waals surface area contributed by atoms with Crippen molar-refractivity contribution >= 4 is 6.09 Å². The number of aryl methyl sites for hydroxylation is 1. The summed E-state index contributed by atoms with van der Waals surface area (Å²) in [5, 5.41) is 9.18. The van der Waals surface area contributed by atoms with Crippen LogP contribution in [0.5, 0.6) is 0 Å². The number of aliphatic hydroxyl groups excluding tert-OH is 1. The van der Waals surface area contributed by atoms with E-state index >= 15 is 0 Å². The van der Waals surface area contributed by atoms with Crippen molar-refractivity contribution in [3.8, 4) is 0 Å². The number of ether oxygens (including phenoxy) is 1. The van der Waals surface area contributed by atoms with Crippen molar-refractivity contribution in [1.82, 2.24) is 4.90 Å². The Labute approximate surface area is 113 Å². The molecule has 5 nitrogen and oxygen atoms in total. The molecule has 19 heavy (non-hydrogen) atoms. The number of carbonyl (C=O) groups excluding carboxylic acids is 1. The maximum absolute atomic E-state index is 11.9. The number of rotatable bonds is 4. The van der Waals surface area contributed by atoms with Crippen molar-refractivity contribution in [3.05, 3.63) is 30.1 Å². The third-order valence-electron chi connectivity index (χ3n) is 3.49. The van der Waals surface area contributed by atoms with E-state index in [0.717, 1.165) is 19.3 Å². The van der Waals surface area contributed by atoms with Gasteiger partial charge in [0.2, 0.25) is 0 Å². The number of amides is 1. The first-order valence-electron chi connectivity index (χ1n) is 6.76. The summed E-state index contributed by atoms with van der Waals surface area (Å²) in [5.74, 6) is 0. The van der Waals surface area contributed by atoms with Crippen molar-refractivity contribution < 1.29 is 19.2 Å². The Hall–Kier alpha value is -1.62. The molecule has 1 atom stereocenters. The lowest BCUT2D eigenvalue weighted by Crippen LogP contribution is -2.42. The molecule has 1 saturated heterocycles. The van der Waals surface area contributed by atoms with E-state index in [2.05, 4.69) is 6.92 Å². The normalized spacial score (nSPS) is 18.6. The van der Waals surface area contributed by atoms with Gasteiger partial charge in [-0.3, -0.25) is 0 Å². The molecule has 0 radical (unpaired) electrons. The second-order valence-electron chi connectivity index (χ2n) is 4.79. The second-order valence-corrected chi connectivity index (χ2v) is 4.79. The average molecular weight is 265 g/mol. The smallest absolute Gasteiger partial charge is 0.394 e. The van der Waals surface area contributed by atoms with Gasteiger partial charge < -0.3 is 14.7 Å². The molecule has 1 amide bonds. The molecule has 2 heterocycles. The molecule has 0 saturated carbocycles. The molecule has 1 aromatic heterocycles. The lowest BCUT2D eigenvalue weighted by atomic mass is 10.2. The largest absolute Gasteiger partial charge is 0.414 e. The van der Waals surface area contributed by atoms with E-state index in [0.29, 0.717) is 6.54 Å². The summed E-state index contributed by atoms with van der Waals surface area (Å²) in [6, 6.07) is 3.90. The molecule has 1 aliphatic rings. The fourth-order valence-electron chi connectivity index (χ4n) is 2.34. The number of hydrogen-bond donors (Lipinski definition) is 1. The van der Waals surface area contributed by atoms with E-state index in [1.54, 1.807) is 4.90 Å². The Morgan fingerprint density at radius 3 is 3.21 bits per heavy atom. The summed E-state index contributed by atoms with van der Waals surface area (Å²) >= 11 is 0. The third-order valence-corrected chi connectivity index (χ3v) is 3.49. The lowest BCUT2D eigenvalue weighted by Gasteiger charge is -2.21. The fraction of sp³-hybridized carbons (Fsp3) is 0.571. The first-order chi connectivity index (χ1) is 9.24. The van der Waals surface area contributed by atoms with Gasteiger partial charge in [-0.05, 0) is 25.3 Å². The Morgan fingerprint density at radius 2 is 2.47 bits per heavy atom. The standard InChI is InChI=1S/C14H21N2O3/c1-2-12-5-3-7-15(9-12)11-19-14(18)16-8-4-6-13(16)10-17/h3,5,7,9,13,17H,2,4,6,8,10-11H2,1H3/q+1/t13-/m0/s1. The molecule has 2 rings (SSSR count). The van der Waals surface area contributed by atoms with Crippen LogP contribution in [0.15, 0.2) is 24.5 Å². The molecule has 1 N–H and O–H groups in total. The summed E-state index contributed by atoms with van der Waals surface area (Å²) in [7, 11) is 0. The van der Waals surface area contributed by atoms with Crippen molar-refractivity contribution in [2.75, 3.05) is 13.2 Å². The minimum atomic E-state index is -0.342. The number of carbonyl (C=O) groups is 1. The van der Waals surface area contributed by atoms with Crippen molar-refractivity contribution in [2.45, 2.75) is 39.0 Å². The van der Waals surface area contributed by atoms with Gasteiger partial charge in [0, 0.05) is 18.2 Å². The molecule has 0 spiro atoms. The number of pyridine rings is 1. The molecular weight excluding hydrogens is 244 g/mol. The van der Waals surface area contributed by atoms with E-state index in [-0.39, 0.29) is 25.5 Å². The molecule has 0 aliphatic carbocycles. The summed E-state index contributed by atoms with van der Waals surface area (Å²) in [6.07, 6.45) is 6.24. The number of aromatic nitrogens is 1. The number of nitrogens with zero attached hydrogens (tertiary/aromatic N) is 2. The van der Waals surface area contributed by atoms with Crippen LogP contribution in [0.1, 0.15) is 25.3 Å². The zero-order valence-electron chi connectivity index (χ0n) is 11.3. The Bertz CT molecular complexity index is 436. The van der Waals surface area contributed by atoms with Gasteiger partial charge in [-0.15, -0.1) is 0 Å². The van der Waals surface area contributed by atoms with Crippen molar-refractivity contribution in [3.63, 3.8) is 0 Å². The van der Waals surface area contributed by atoms with Crippen LogP contribution in [-0.4, -0.2) is 35.3 Å². The predicted molar refractivity (Wildman–Crippen MR) is 69.3 cm³/mol. The minimum Gasteiger partial charge on any atom is -0.394 e. The van der Waals surface area contributed by atoms with E-state index in [4.69, 9.17) is 4.74 Å². The summed E-state index contributed by atoms with van der Waals surface area (Å²) in [5.41, 5.74) is 1.20. The fourth-order valence-corrected chi connectivity index (χ4v) is 2.34.